The third-order valence-corrected chi connectivity index (χ3v) is 4.50. The van der Waals surface area contributed by atoms with Crippen LogP contribution >= 0.6 is 0 Å². The van der Waals surface area contributed by atoms with Crippen LogP contribution in [0, 0.1) is 29.4 Å². The zero-order valence-corrected chi connectivity index (χ0v) is 15.0. The first-order chi connectivity index (χ1) is 12.3. The van der Waals surface area contributed by atoms with E-state index in [-0.39, 0.29) is 17.1 Å². The summed E-state index contributed by atoms with van der Waals surface area (Å²) in [6, 6.07) is 6.98. The summed E-state index contributed by atoms with van der Waals surface area (Å²) < 4.78 is 12.1. The van der Waals surface area contributed by atoms with E-state index in [4.69, 9.17) is 9.47 Å². The number of nitrogens with zero attached hydrogens (tertiary/aromatic N) is 3. The molecule has 0 aliphatic carbocycles. The molecule has 2 aromatic rings. The van der Waals surface area contributed by atoms with E-state index in [1.165, 1.54) is 0 Å². The molecular formula is C18H21N3O5. The summed E-state index contributed by atoms with van der Waals surface area (Å²) in [5, 5.41) is 15.3. The van der Waals surface area contributed by atoms with Gasteiger partial charge in [-0.05, 0) is 31.5 Å². The van der Waals surface area contributed by atoms with E-state index in [1.807, 2.05) is 6.92 Å². The summed E-state index contributed by atoms with van der Waals surface area (Å²) in [6.07, 6.45) is 0. The number of aromatic nitrogens is 2. The Balaban J connectivity index is 1.65. The van der Waals surface area contributed by atoms with Crippen molar-refractivity contribution >= 4 is 11.7 Å². The Hall–Kier alpha value is -2.74. The van der Waals surface area contributed by atoms with Crippen molar-refractivity contribution in [3.8, 4) is 0 Å². The lowest BCUT2D eigenvalue weighted by Crippen LogP contribution is -2.44. The van der Waals surface area contributed by atoms with Crippen LogP contribution < -0.4 is 0 Å². The fraction of sp³-hybridized carbons (Fsp3) is 0.444. The highest BCUT2D eigenvalue weighted by atomic mass is 16.6. The van der Waals surface area contributed by atoms with Gasteiger partial charge in [-0.2, -0.15) is 5.10 Å². The topological polar surface area (TPSA) is 96.5 Å². The molecule has 1 fully saturated rings. The highest BCUT2D eigenvalue weighted by Crippen LogP contribution is 2.27. The molecule has 0 spiro atoms. The lowest BCUT2D eigenvalue weighted by Gasteiger charge is -2.37. The second kappa shape index (κ2) is 6.87. The van der Waals surface area contributed by atoms with E-state index >= 15 is 0 Å². The Kier molecular flexibility index (Phi) is 4.78. The maximum Gasteiger partial charge on any atom is 0.338 e. The van der Waals surface area contributed by atoms with Gasteiger partial charge in [0, 0.05) is 5.41 Å². The van der Waals surface area contributed by atoms with Crippen molar-refractivity contribution in [2.45, 2.75) is 27.3 Å². The number of esters is 1. The number of aryl methyl sites for hydroxylation is 1. The first-order valence-corrected chi connectivity index (χ1v) is 8.31. The summed E-state index contributed by atoms with van der Waals surface area (Å²) in [5.74, 6) is -0.369. The van der Waals surface area contributed by atoms with E-state index < -0.39 is 4.92 Å². The second-order valence-corrected chi connectivity index (χ2v) is 7.01. The minimum Gasteiger partial charge on any atom is -0.461 e. The summed E-state index contributed by atoms with van der Waals surface area (Å²) in [4.78, 5) is 22.8. The fourth-order valence-electron chi connectivity index (χ4n) is 2.88. The smallest absolute Gasteiger partial charge is 0.338 e. The summed E-state index contributed by atoms with van der Waals surface area (Å²) >= 11 is 0. The molecule has 0 radical (unpaired) electrons. The van der Waals surface area contributed by atoms with Crippen LogP contribution in [0.3, 0.4) is 0 Å². The van der Waals surface area contributed by atoms with Gasteiger partial charge in [-0.3, -0.25) is 14.8 Å². The first-order valence-electron chi connectivity index (χ1n) is 8.31. The molecular weight excluding hydrogens is 338 g/mol. The van der Waals surface area contributed by atoms with Gasteiger partial charge in [0.2, 0.25) is 0 Å². The average molecular weight is 359 g/mol. The van der Waals surface area contributed by atoms with Gasteiger partial charge in [0.1, 0.15) is 18.0 Å². The zero-order valence-electron chi connectivity index (χ0n) is 15.0. The quantitative estimate of drug-likeness (QED) is 0.447. The average Bonchev–Trinajstić information content (AvgIpc) is 2.85. The van der Waals surface area contributed by atoms with E-state index in [0.29, 0.717) is 43.3 Å². The van der Waals surface area contributed by atoms with Crippen molar-refractivity contribution in [1.29, 1.82) is 0 Å². The molecule has 3 rings (SSSR count). The zero-order chi connectivity index (χ0) is 18.9. The predicted octanol–water partition coefficient (Wildman–Crippen LogP) is 2.65. The van der Waals surface area contributed by atoms with Gasteiger partial charge in [0.15, 0.2) is 0 Å². The van der Waals surface area contributed by atoms with Gasteiger partial charge in [0.25, 0.3) is 0 Å². The molecule has 0 saturated carbocycles. The molecule has 8 heteroatoms. The predicted molar refractivity (Wildman–Crippen MR) is 93.1 cm³/mol. The monoisotopic (exact) mass is 359 g/mol. The molecule has 0 bridgehead atoms. The minimum absolute atomic E-state index is 0.0404. The number of carbonyl (C=O) groups excluding carboxylic acids is 1. The second-order valence-electron chi connectivity index (χ2n) is 7.01. The number of ether oxygens (including phenoxy) is 2. The lowest BCUT2D eigenvalue weighted by atomic mass is 9.90. The minimum atomic E-state index is -0.416. The number of nitro groups is 1. The Morgan fingerprint density at radius 2 is 2.00 bits per heavy atom. The molecule has 0 N–H and O–H groups in total. The van der Waals surface area contributed by atoms with Crippen molar-refractivity contribution in [2.75, 3.05) is 19.8 Å². The van der Waals surface area contributed by atoms with E-state index in [2.05, 4.69) is 5.10 Å². The molecule has 1 aromatic heterocycles. The summed E-state index contributed by atoms with van der Waals surface area (Å²) in [7, 11) is 0. The highest BCUT2D eigenvalue weighted by molar-refractivity contribution is 5.89. The van der Waals surface area contributed by atoms with E-state index in [0.717, 1.165) is 5.56 Å². The first kappa shape index (κ1) is 18.1. The molecule has 2 heterocycles. The van der Waals surface area contributed by atoms with Crippen LogP contribution in [0.25, 0.3) is 0 Å². The van der Waals surface area contributed by atoms with Crippen LogP contribution in [0.1, 0.15) is 34.2 Å². The van der Waals surface area contributed by atoms with E-state index in [9.17, 15) is 14.9 Å². The molecule has 138 valence electrons. The number of hydrogen-bond acceptors (Lipinski definition) is 6. The van der Waals surface area contributed by atoms with Gasteiger partial charge in [0.05, 0.1) is 30.2 Å². The van der Waals surface area contributed by atoms with Crippen molar-refractivity contribution in [3.05, 3.63) is 56.9 Å². The maximum absolute atomic E-state index is 12.1. The Bertz CT molecular complexity index is 837. The molecule has 26 heavy (non-hydrogen) atoms. The molecule has 0 unspecified atom stereocenters. The number of rotatable bonds is 6. The Labute approximate surface area is 150 Å². The van der Waals surface area contributed by atoms with Crippen LogP contribution in [-0.4, -0.2) is 40.5 Å². The molecule has 1 saturated heterocycles. The van der Waals surface area contributed by atoms with Gasteiger partial charge in [-0.15, -0.1) is 0 Å². The van der Waals surface area contributed by atoms with Crippen LogP contribution in [0.2, 0.25) is 0 Å². The lowest BCUT2D eigenvalue weighted by molar-refractivity contribution is -0.386. The molecule has 0 amide bonds. The number of benzene rings is 1. The van der Waals surface area contributed by atoms with Crippen LogP contribution in [0.5, 0.6) is 0 Å². The van der Waals surface area contributed by atoms with E-state index in [1.54, 1.807) is 42.8 Å². The van der Waals surface area contributed by atoms with Crippen LogP contribution in [0.15, 0.2) is 24.3 Å². The van der Waals surface area contributed by atoms with Gasteiger partial charge >= 0.3 is 11.7 Å². The molecule has 1 aliphatic heterocycles. The van der Waals surface area contributed by atoms with Crippen molar-refractivity contribution < 1.29 is 19.2 Å². The number of carbonyl (C=O) groups is 1. The van der Waals surface area contributed by atoms with Gasteiger partial charge in [-0.25, -0.2) is 4.79 Å². The Morgan fingerprint density at radius 1 is 1.35 bits per heavy atom. The third-order valence-electron chi connectivity index (χ3n) is 4.50. The molecule has 8 nitrogen and oxygen atoms in total. The molecule has 0 atom stereocenters. The Morgan fingerprint density at radius 3 is 2.50 bits per heavy atom. The van der Waals surface area contributed by atoms with Gasteiger partial charge in [-0.1, -0.05) is 19.1 Å². The van der Waals surface area contributed by atoms with Crippen molar-refractivity contribution in [3.63, 3.8) is 0 Å². The van der Waals surface area contributed by atoms with Gasteiger partial charge < -0.3 is 9.47 Å². The normalized spacial score (nSPS) is 15.3. The summed E-state index contributed by atoms with van der Waals surface area (Å²) in [6.45, 7) is 7.25. The fourth-order valence-corrected chi connectivity index (χ4v) is 2.88. The third kappa shape index (κ3) is 3.60. The molecule has 1 aliphatic rings. The van der Waals surface area contributed by atoms with Crippen molar-refractivity contribution in [2.24, 2.45) is 5.41 Å². The van der Waals surface area contributed by atoms with Crippen LogP contribution in [0.4, 0.5) is 5.69 Å². The number of hydrogen-bond donors (Lipinski definition) is 0. The largest absolute Gasteiger partial charge is 0.461 e. The van der Waals surface area contributed by atoms with Crippen LogP contribution in [-0.2, 0) is 16.0 Å². The molecule has 1 aromatic carbocycles. The maximum atomic E-state index is 12.1. The van der Waals surface area contributed by atoms with Crippen molar-refractivity contribution in [1.82, 2.24) is 9.78 Å². The standard InChI is InChI=1S/C18H21N3O5/c1-12-16(21(23)24)13(2)20(19-12)8-14-4-6-15(7-5-14)17(22)26-11-18(3)9-25-10-18/h4-7H,8-11H2,1-3H3. The SMILES string of the molecule is Cc1nn(Cc2ccc(C(=O)OCC3(C)COC3)cc2)c(C)c1[N+](=O)[O-]. The highest BCUT2D eigenvalue weighted by Gasteiger charge is 2.35. The summed E-state index contributed by atoms with van der Waals surface area (Å²) in [5.41, 5.74) is 2.21.